The summed E-state index contributed by atoms with van der Waals surface area (Å²) in [6.45, 7) is 1.41. The van der Waals surface area contributed by atoms with E-state index in [4.69, 9.17) is 10.5 Å². The summed E-state index contributed by atoms with van der Waals surface area (Å²) >= 11 is 0. The monoisotopic (exact) mass is 433 g/mol. The summed E-state index contributed by atoms with van der Waals surface area (Å²) in [5.41, 5.74) is 6.01. The Kier molecular flexibility index (Phi) is 8.79. The lowest BCUT2D eigenvalue weighted by Gasteiger charge is -2.36. The molecule has 6 N–H and O–H groups in total. The largest absolute Gasteiger partial charge is 0.439 e. The van der Waals surface area contributed by atoms with Crippen molar-refractivity contribution in [3.63, 3.8) is 0 Å². The van der Waals surface area contributed by atoms with E-state index in [2.05, 4.69) is 21.3 Å². The summed E-state index contributed by atoms with van der Waals surface area (Å²) in [6, 6.07) is 6.76. The number of nitrogens with one attached hydrogen (secondary N) is 4. The van der Waals surface area contributed by atoms with Crippen molar-refractivity contribution in [1.29, 1.82) is 0 Å². The molecular weight excluding hydrogens is 406 g/mol. The van der Waals surface area contributed by atoms with E-state index in [1.807, 2.05) is 30.3 Å². The fourth-order valence-corrected chi connectivity index (χ4v) is 2.98. The Bertz CT molecular complexity index is 816. The van der Waals surface area contributed by atoms with Crippen LogP contribution in [0.4, 0.5) is 4.79 Å². The first kappa shape index (κ1) is 23.6. The molecule has 11 nitrogen and oxygen atoms in total. The van der Waals surface area contributed by atoms with Gasteiger partial charge in [-0.1, -0.05) is 30.3 Å². The van der Waals surface area contributed by atoms with Crippen molar-refractivity contribution in [2.24, 2.45) is 5.73 Å². The summed E-state index contributed by atoms with van der Waals surface area (Å²) in [7, 11) is 0. The number of urea groups is 1. The van der Waals surface area contributed by atoms with Gasteiger partial charge in [-0.3, -0.25) is 19.2 Å². The Morgan fingerprint density at radius 2 is 1.90 bits per heavy atom. The highest BCUT2D eigenvalue weighted by Gasteiger charge is 2.43. The molecule has 0 saturated carbocycles. The number of benzene rings is 1. The van der Waals surface area contributed by atoms with E-state index >= 15 is 0 Å². The normalized spacial score (nSPS) is 18.0. The molecule has 11 heteroatoms. The number of nitrogens with two attached hydrogens (primary N) is 1. The predicted octanol–water partition coefficient (Wildman–Crippen LogP) is -0.944. The summed E-state index contributed by atoms with van der Waals surface area (Å²) in [5, 5.41) is 9.94. The molecule has 1 fully saturated rings. The van der Waals surface area contributed by atoms with Crippen LogP contribution < -0.4 is 27.0 Å². The van der Waals surface area contributed by atoms with Crippen LogP contribution in [-0.4, -0.2) is 54.6 Å². The molecule has 0 aliphatic carbocycles. The van der Waals surface area contributed by atoms with Crippen LogP contribution in [0.5, 0.6) is 0 Å². The van der Waals surface area contributed by atoms with Crippen LogP contribution in [0.25, 0.3) is 0 Å². The van der Waals surface area contributed by atoms with Gasteiger partial charge >= 0.3 is 12.0 Å². The van der Waals surface area contributed by atoms with Gasteiger partial charge in [-0.25, -0.2) is 4.79 Å². The zero-order valence-electron chi connectivity index (χ0n) is 17.2. The number of rotatable bonds is 11. The molecular formula is C20H27N5O6. The second-order valence-corrected chi connectivity index (χ2v) is 7.06. The minimum Gasteiger partial charge on any atom is -0.439 e. The van der Waals surface area contributed by atoms with Gasteiger partial charge in [0.25, 0.3) is 5.91 Å². The molecule has 0 unspecified atom stereocenters. The molecule has 1 aromatic rings. The van der Waals surface area contributed by atoms with Crippen molar-refractivity contribution in [2.45, 2.75) is 50.9 Å². The van der Waals surface area contributed by atoms with E-state index in [0.717, 1.165) is 5.56 Å². The van der Waals surface area contributed by atoms with Crippen LogP contribution >= 0.6 is 0 Å². The number of esters is 1. The Morgan fingerprint density at radius 3 is 2.52 bits per heavy atom. The molecule has 0 bridgehead atoms. The molecule has 1 heterocycles. The number of β-lactam (4-membered cyclic amide) rings is 1. The molecule has 2 rings (SSSR count). The molecule has 3 atom stereocenters. The van der Waals surface area contributed by atoms with Gasteiger partial charge in [-0.2, -0.15) is 0 Å². The molecule has 0 aromatic heterocycles. The van der Waals surface area contributed by atoms with E-state index in [-0.39, 0.29) is 25.3 Å². The lowest BCUT2D eigenvalue weighted by molar-refractivity contribution is -0.164. The molecule has 0 spiro atoms. The van der Waals surface area contributed by atoms with Crippen LogP contribution in [0.1, 0.15) is 31.7 Å². The highest BCUT2D eigenvalue weighted by atomic mass is 16.6. The highest BCUT2D eigenvalue weighted by Crippen LogP contribution is 2.10. The van der Waals surface area contributed by atoms with Crippen LogP contribution in [0.2, 0.25) is 0 Å². The van der Waals surface area contributed by atoms with Crippen molar-refractivity contribution in [1.82, 2.24) is 21.3 Å². The second kappa shape index (κ2) is 11.5. The van der Waals surface area contributed by atoms with E-state index < -0.39 is 42.1 Å². The number of carbonyl (C=O) groups is 5. The van der Waals surface area contributed by atoms with Crippen molar-refractivity contribution in [3.05, 3.63) is 35.9 Å². The quantitative estimate of drug-likeness (QED) is 0.171. The molecule has 1 aromatic carbocycles. The van der Waals surface area contributed by atoms with Crippen LogP contribution in [0.3, 0.4) is 0 Å². The number of amides is 5. The SMILES string of the molecule is CC(=O)O[C@@H]1NC(=O)[C@H]1NC(=O)[C@H](CCCNC(N)=O)NC(=O)CCc1ccccc1. The Hall–Kier alpha value is -3.63. The predicted molar refractivity (Wildman–Crippen MR) is 109 cm³/mol. The summed E-state index contributed by atoms with van der Waals surface area (Å²) in [6.07, 6.45) is 0.289. The first-order valence-electron chi connectivity index (χ1n) is 9.91. The lowest BCUT2D eigenvalue weighted by atomic mass is 10.1. The molecule has 1 aliphatic heterocycles. The molecule has 1 aliphatic rings. The maximum atomic E-state index is 12.7. The fourth-order valence-electron chi connectivity index (χ4n) is 2.98. The summed E-state index contributed by atoms with van der Waals surface area (Å²) < 4.78 is 4.91. The van der Waals surface area contributed by atoms with Gasteiger partial charge in [0.05, 0.1) is 0 Å². The third kappa shape index (κ3) is 7.96. The van der Waals surface area contributed by atoms with Gasteiger partial charge < -0.3 is 31.7 Å². The topological polar surface area (TPSA) is 169 Å². The fraction of sp³-hybridized carbons (Fsp3) is 0.450. The third-order valence-electron chi connectivity index (χ3n) is 4.56. The standard InChI is InChI=1S/C20H27N5O6/c1-12(26)31-19-16(18(29)25-19)24-17(28)14(8-5-11-22-20(21)30)23-15(27)10-9-13-6-3-2-4-7-13/h2-4,6-7,14,16,19H,5,8-11H2,1H3,(H,23,27)(H,24,28)(H,25,29)(H3,21,22,30)/t14-,16+,19-/m0/s1. The zero-order chi connectivity index (χ0) is 22.8. The zero-order valence-corrected chi connectivity index (χ0v) is 17.2. The van der Waals surface area contributed by atoms with Gasteiger partial charge in [-0.05, 0) is 24.8 Å². The number of carbonyl (C=O) groups excluding carboxylic acids is 5. The molecule has 31 heavy (non-hydrogen) atoms. The van der Waals surface area contributed by atoms with Crippen molar-refractivity contribution >= 4 is 29.7 Å². The van der Waals surface area contributed by atoms with Crippen LogP contribution in [0, 0.1) is 0 Å². The number of aryl methyl sites for hydroxylation is 1. The number of hydrogen-bond donors (Lipinski definition) is 5. The molecule has 5 amide bonds. The van der Waals surface area contributed by atoms with Gasteiger partial charge in [0, 0.05) is 19.9 Å². The van der Waals surface area contributed by atoms with Gasteiger partial charge in [0.1, 0.15) is 6.04 Å². The van der Waals surface area contributed by atoms with Gasteiger partial charge in [0.2, 0.25) is 18.0 Å². The first-order valence-corrected chi connectivity index (χ1v) is 9.91. The Labute approximate surface area is 179 Å². The first-order chi connectivity index (χ1) is 14.8. The van der Waals surface area contributed by atoms with Crippen LogP contribution in [0.15, 0.2) is 30.3 Å². The minimum absolute atomic E-state index is 0.174. The number of ether oxygens (including phenoxy) is 1. The van der Waals surface area contributed by atoms with Crippen molar-refractivity contribution in [3.8, 4) is 0 Å². The molecule has 1 saturated heterocycles. The Morgan fingerprint density at radius 1 is 1.19 bits per heavy atom. The van der Waals surface area contributed by atoms with E-state index in [0.29, 0.717) is 12.8 Å². The second-order valence-electron chi connectivity index (χ2n) is 7.06. The maximum absolute atomic E-state index is 12.7. The maximum Gasteiger partial charge on any atom is 0.312 e. The van der Waals surface area contributed by atoms with Gasteiger partial charge in [-0.15, -0.1) is 0 Å². The Balaban J connectivity index is 1.93. The summed E-state index contributed by atoms with van der Waals surface area (Å²) in [5.74, 6) is -2.03. The van der Waals surface area contributed by atoms with E-state index in [9.17, 15) is 24.0 Å². The van der Waals surface area contributed by atoms with E-state index in [1.165, 1.54) is 6.92 Å². The third-order valence-corrected chi connectivity index (χ3v) is 4.56. The smallest absolute Gasteiger partial charge is 0.312 e. The molecule has 168 valence electrons. The lowest BCUT2D eigenvalue weighted by Crippen LogP contribution is -2.71. The van der Waals surface area contributed by atoms with Crippen molar-refractivity contribution in [2.75, 3.05) is 6.54 Å². The van der Waals surface area contributed by atoms with Gasteiger partial charge in [0.15, 0.2) is 6.04 Å². The van der Waals surface area contributed by atoms with E-state index in [1.54, 1.807) is 0 Å². The molecule has 0 radical (unpaired) electrons. The average Bonchev–Trinajstić information content (AvgIpc) is 2.72. The summed E-state index contributed by atoms with van der Waals surface area (Å²) in [4.78, 5) is 58.7. The highest BCUT2D eigenvalue weighted by molar-refractivity contribution is 5.95. The number of hydrogen-bond acceptors (Lipinski definition) is 6. The van der Waals surface area contributed by atoms with Crippen molar-refractivity contribution < 1.29 is 28.7 Å². The van der Waals surface area contributed by atoms with Crippen LogP contribution in [-0.2, 0) is 30.3 Å². The average molecular weight is 433 g/mol. The minimum atomic E-state index is -1.04. The number of primary amides is 1.